The Hall–Kier alpha value is -2.68. The molecule has 3 heterocycles. The van der Waals surface area contributed by atoms with Crippen molar-refractivity contribution in [3.8, 4) is 0 Å². The second-order valence-corrected chi connectivity index (χ2v) is 11.3. The van der Waals surface area contributed by atoms with Crippen LogP contribution < -0.4 is 4.90 Å². The standard InChI is InChI=1S/C30H39ClN2O6/c1-6-9-10-17-38-28(37)23-22-26(35)33(20(5)18-34)25(30(22)15-14-29(23,8-3)39-30)27(36)32(16-7-2)24-19(4)12-11-13-21(24)31/h6-7,11-13,20,22-23,25,34H,1-2,8-10,14-18H2,3-5H3/t20-,22+,23-,25?,29+,30?/m1/s1. The summed E-state index contributed by atoms with van der Waals surface area (Å²) in [4.78, 5) is 45.3. The molecule has 1 aromatic carbocycles. The maximum absolute atomic E-state index is 14.6. The number of benzene rings is 1. The first kappa shape index (κ1) is 29.3. The third kappa shape index (κ3) is 4.60. The first-order valence-electron chi connectivity index (χ1n) is 13.7. The maximum atomic E-state index is 14.6. The van der Waals surface area contributed by atoms with E-state index in [1.54, 1.807) is 25.1 Å². The summed E-state index contributed by atoms with van der Waals surface area (Å²) in [5.41, 5.74) is -0.802. The average molecular weight is 559 g/mol. The van der Waals surface area contributed by atoms with Crippen LogP contribution in [0.25, 0.3) is 0 Å². The molecule has 9 heteroatoms. The van der Waals surface area contributed by atoms with Crippen molar-refractivity contribution < 1.29 is 29.0 Å². The van der Waals surface area contributed by atoms with Gasteiger partial charge in [0.2, 0.25) is 5.91 Å². The molecule has 6 atom stereocenters. The molecule has 39 heavy (non-hydrogen) atoms. The zero-order chi connectivity index (χ0) is 28.5. The Kier molecular flexibility index (Phi) is 8.59. The van der Waals surface area contributed by atoms with E-state index in [1.807, 2.05) is 26.0 Å². The van der Waals surface area contributed by atoms with E-state index in [1.165, 1.54) is 9.80 Å². The van der Waals surface area contributed by atoms with Gasteiger partial charge in [-0.15, -0.1) is 13.2 Å². The number of aliphatic hydroxyl groups is 1. The fraction of sp³-hybridized carbons (Fsp3) is 0.567. The Morgan fingerprint density at radius 2 is 2.08 bits per heavy atom. The molecule has 2 amide bonds. The summed E-state index contributed by atoms with van der Waals surface area (Å²) in [6.07, 6.45) is 6.17. The quantitative estimate of drug-likeness (QED) is 0.234. The zero-order valence-corrected chi connectivity index (χ0v) is 23.8. The van der Waals surface area contributed by atoms with Crippen molar-refractivity contribution in [1.29, 1.82) is 0 Å². The van der Waals surface area contributed by atoms with Crippen molar-refractivity contribution >= 4 is 35.1 Å². The highest BCUT2D eigenvalue weighted by Crippen LogP contribution is 2.65. The molecule has 8 nitrogen and oxygen atoms in total. The predicted molar refractivity (Wildman–Crippen MR) is 149 cm³/mol. The molecule has 3 saturated heterocycles. The van der Waals surface area contributed by atoms with E-state index in [0.717, 1.165) is 5.56 Å². The molecule has 4 rings (SSSR count). The van der Waals surface area contributed by atoms with Crippen molar-refractivity contribution in [2.45, 2.75) is 76.2 Å². The van der Waals surface area contributed by atoms with Gasteiger partial charge in [0.25, 0.3) is 5.91 Å². The van der Waals surface area contributed by atoms with E-state index in [9.17, 15) is 19.5 Å². The van der Waals surface area contributed by atoms with Crippen LogP contribution in [-0.4, -0.2) is 70.8 Å². The van der Waals surface area contributed by atoms with E-state index >= 15 is 0 Å². The summed E-state index contributed by atoms with van der Waals surface area (Å²) in [7, 11) is 0. The third-order valence-electron chi connectivity index (χ3n) is 8.68. The van der Waals surface area contributed by atoms with Crippen molar-refractivity contribution in [3.05, 3.63) is 54.1 Å². The lowest BCUT2D eigenvalue weighted by molar-refractivity contribution is -0.162. The number of para-hydroxylation sites is 1. The smallest absolute Gasteiger partial charge is 0.312 e. The summed E-state index contributed by atoms with van der Waals surface area (Å²) < 4.78 is 12.4. The SMILES string of the molecule is C=CCCCOC(=O)[C@H]1[C@H]2C(=O)N([C@H](C)CO)C(C(=O)N(CC=C)c3c(C)cccc3Cl)C23CC[C@]1(CC)O3. The number of fused-ring (bicyclic) bond motifs is 1. The molecule has 1 spiro atoms. The van der Waals surface area contributed by atoms with Gasteiger partial charge in [-0.3, -0.25) is 14.4 Å². The van der Waals surface area contributed by atoms with Crippen molar-refractivity contribution in [1.82, 2.24) is 4.90 Å². The number of likely N-dealkylation sites (tertiary alicyclic amines) is 1. The molecule has 212 valence electrons. The number of amides is 2. The summed E-state index contributed by atoms with van der Waals surface area (Å²) in [6.45, 7) is 13.1. The molecule has 3 aliphatic rings. The van der Waals surface area contributed by atoms with Gasteiger partial charge >= 0.3 is 5.97 Å². The molecule has 2 bridgehead atoms. The number of esters is 1. The van der Waals surface area contributed by atoms with Gasteiger partial charge in [0.05, 0.1) is 41.5 Å². The van der Waals surface area contributed by atoms with Gasteiger partial charge in [0.1, 0.15) is 17.6 Å². The summed E-state index contributed by atoms with van der Waals surface area (Å²) in [5.74, 6) is -2.95. The molecule has 0 saturated carbocycles. The van der Waals surface area contributed by atoms with Crippen LogP contribution in [0.4, 0.5) is 5.69 Å². The van der Waals surface area contributed by atoms with Crippen molar-refractivity contribution in [2.24, 2.45) is 11.8 Å². The topological polar surface area (TPSA) is 96.4 Å². The van der Waals surface area contributed by atoms with Crippen LogP contribution in [0.1, 0.15) is 51.5 Å². The summed E-state index contributed by atoms with van der Waals surface area (Å²) in [5, 5.41) is 10.5. The Morgan fingerprint density at radius 3 is 2.69 bits per heavy atom. The van der Waals surface area contributed by atoms with E-state index in [2.05, 4.69) is 13.2 Å². The van der Waals surface area contributed by atoms with Crippen LogP contribution in [0, 0.1) is 18.8 Å². The number of unbranched alkanes of at least 4 members (excludes halogenated alkanes) is 1. The average Bonchev–Trinajstić information content (AvgIpc) is 3.53. The molecule has 1 aromatic rings. The van der Waals surface area contributed by atoms with E-state index in [0.29, 0.717) is 42.8 Å². The number of nitrogens with zero attached hydrogens (tertiary/aromatic N) is 2. The van der Waals surface area contributed by atoms with Gasteiger partial charge in [-0.25, -0.2) is 0 Å². The van der Waals surface area contributed by atoms with Gasteiger partial charge in [0.15, 0.2) is 0 Å². The fourth-order valence-corrected chi connectivity index (χ4v) is 7.20. The first-order chi connectivity index (χ1) is 18.6. The number of carbonyl (C=O) groups excluding carboxylic acids is 3. The largest absolute Gasteiger partial charge is 0.465 e. The van der Waals surface area contributed by atoms with Gasteiger partial charge in [-0.2, -0.15) is 0 Å². The number of carbonyl (C=O) groups is 3. The van der Waals surface area contributed by atoms with E-state index in [4.69, 9.17) is 21.1 Å². The summed E-state index contributed by atoms with van der Waals surface area (Å²) in [6, 6.07) is 3.66. The minimum atomic E-state index is -1.23. The second-order valence-electron chi connectivity index (χ2n) is 10.9. The Balaban J connectivity index is 1.81. The molecule has 1 N–H and O–H groups in total. The lowest BCUT2D eigenvalue weighted by atomic mass is 9.65. The number of hydrogen-bond acceptors (Lipinski definition) is 6. The zero-order valence-electron chi connectivity index (χ0n) is 23.0. The lowest BCUT2D eigenvalue weighted by Crippen LogP contribution is -2.58. The van der Waals surface area contributed by atoms with E-state index in [-0.39, 0.29) is 31.6 Å². The molecular weight excluding hydrogens is 520 g/mol. The molecule has 3 fully saturated rings. The van der Waals surface area contributed by atoms with Gasteiger partial charge in [0, 0.05) is 6.54 Å². The number of halogens is 1. The van der Waals surface area contributed by atoms with Crippen LogP contribution in [0.15, 0.2) is 43.5 Å². The number of allylic oxidation sites excluding steroid dienone is 1. The van der Waals surface area contributed by atoms with Gasteiger partial charge in [-0.05, 0) is 57.6 Å². The Bertz CT molecular complexity index is 1140. The second kappa shape index (κ2) is 11.4. The monoisotopic (exact) mass is 558 g/mol. The van der Waals surface area contributed by atoms with Gasteiger partial charge in [-0.1, -0.05) is 42.8 Å². The van der Waals surface area contributed by atoms with Crippen LogP contribution in [0.2, 0.25) is 5.02 Å². The highest BCUT2D eigenvalue weighted by Gasteiger charge is 2.79. The number of hydrogen-bond donors (Lipinski definition) is 1. The van der Waals surface area contributed by atoms with Crippen LogP contribution in [0.3, 0.4) is 0 Å². The highest BCUT2D eigenvalue weighted by atomic mass is 35.5. The van der Waals surface area contributed by atoms with Crippen molar-refractivity contribution in [2.75, 3.05) is 24.7 Å². The molecule has 2 unspecified atom stereocenters. The molecule has 0 aromatic heterocycles. The number of ether oxygens (including phenoxy) is 2. The van der Waals surface area contributed by atoms with Gasteiger partial charge < -0.3 is 24.4 Å². The number of rotatable bonds is 12. The molecular formula is C30H39ClN2O6. The van der Waals surface area contributed by atoms with Crippen LogP contribution in [-0.2, 0) is 23.9 Å². The minimum absolute atomic E-state index is 0.157. The Morgan fingerprint density at radius 1 is 1.33 bits per heavy atom. The lowest BCUT2D eigenvalue weighted by Gasteiger charge is -2.39. The number of aryl methyl sites for hydroxylation is 1. The Labute approximate surface area is 235 Å². The summed E-state index contributed by atoms with van der Waals surface area (Å²) >= 11 is 6.59. The van der Waals surface area contributed by atoms with Crippen LogP contribution in [0.5, 0.6) is 0 Å². The van der Waals surface area contributed by atoms with E-state index < -0.39 is 41.1 Å². The fourth-order valence-electron chi connectivity index (χ4n) is 6.88. The molecule has 0 aliphatic carbocycles. The first-order valence-corrected chi connectivity index (χ1v) is 14.1. The third-order valence-corrected chi connectivity index (χ3v) is 8.98. The number of anilines is 1. The van der Waals surface area contributed by atoms with Crippen LogP contribution >= 0.6 is 11.6 Å². The van der Waals surface area contributed by atoms with Crippen molar-refractivity contribution in [3.63, 3.8) is 0 Å². The molecule has 3 aliphatic heterocycles. The predicted octanol–water partition coefficient (Wildman–Crippen LogP) is 4.21. The normalized spacial score (nSPS) is 29.7. The highest BCUT2D eigenvalue weighted by molar-refractivity contribution is 6.34. The number of aliphatic hydroxyl groups excluding tert-OH is 1. The minimum Gasteiger partial charge on any atom is -0.465 e. The maximum Gasteiger partial charge on any atom is 0.312 e. The molecule has 0 radical (unpaired) electrons.